The first-order chi connectivity index (χ1) is 17.4. The van der Waals surface area contributed by atoms with Gasteiger partial charge >= 0.3 is 0 Å². The summed E-state index contributed by atoms with van der Waals surface area (Å²) < 4.78 is 17.3. The first-order valence-electron chi connectivity index (χ1n) is 12.5. The van der Waals surface area contributed by atoms with E-state index in [1.807, 2.05) is 31.3 Å². The minimum absolute atomic E-state index is 0.0757. The van der Waals surface area contributed by atoms with Crippen molar-refractivity contribution in [2.24, 2.45) is 7.05 Å². The predicted molar refractivity (Wildman–Crippen MR) is 130 cm³/mol. The molecule has 1 atom stereocenters. The smallest absolute Gasteiger partial charge is 0.255 e. The molecule has 1 N–H and O–H groups in total. The van der Waals surface area contributed by atoms with Crippen molar-refractivity contribution in [2.45, 2.75) is 50.7 Å². The summed E-state index contributed by atoms with van der Waals surface area (Å²) in [7, 11) is 2.04. The summed E-state index contributed by atoms with van der Waals surface area (Å²) in [5, 5.41) is 2.30. The molecular formula is C27H28FN5O3. The standard InChI is InChI=1S/C27H28FN5O3/c1-31-22-5-3-2-4-21(22)29-24(31)15-32-10-8-16(9-11-32)18-12-17-14-33(27(36)19(17)13-20(18)28)23-6-7-25(34)30-26(23)35/h2-5,12-13,16,23H,6-11,14-15H2,1H3,(H,30,34,35). The number of para-hydroxylation sites is 2. The number of fused-ring (bicyclic) bond motifs is 2. The first kappa shape index (κ1) is 22.8. The number of imide groups is 1. The lowest BCUT2D eigenvalue weighted by Crippen LogP contribution is -2.52. The number of benzene rings is 2. The second kappa shape index (κ2) is 8.81. The molecule has 0 saturated carbocycles. The third-order valence-corrected chi connectivity index (χ3v) is 7.91. The lowest BCUT2D eigenvalue weighted by Gasteiger charge is -2.32. The number of imidazole rings is 1. The predicted octanol–water partition coefficient (Wildman–Crippen LogP) is 2.85. The van der Waals surface area contributed by atoms with Gasteiger partial charge in [-0.1, -0.05) is 18.2 Å². The second-order valence-electron chi connectivity index (χ2n) is 10.1. The molecule has 3 amide bonds. The van der Waals surface area contributed by atoms with Crippen molar-refractivity contribution >= 4 is 28.8 Å². The van der Waals surface area contributed by atoms with Gasteiger partial charge in [0.05, 0.1) is 17.6 Å². The Balaban J connectivity index is 1.14. The molecule has 3 aromatic rings. The highest BCUT2D eigenvalue weighted by molar-refractivity contribution is 6.05. The molecule has 6 rings (SSSR count). The highest BCUT2D eigenvalue weighted by Crippen LogP contribution is 2.35. The minimum atomic E-state index is -0.694. The van der Waals surface area contributed by atoms with Gasteiger partial charge in [0, 0.05) is 25.6 Å². The van der Waals surface area contributed by atoms with Crippen LogP contribution in [0.25, 0.3) is 11.0 Å². The summed E-state index contributed by atoms with van der Waals surface area (Å²) in [6.45, 7) is 2.69. The number of carbonyl (C=O) groups excluding carboxylic acids is 3. The number of carbonyl (C=O) groups is 3. The molecule has 0 spiro atoms. The summed E-state index contributed by atoms with van der Waals surface area (Å²) in [5.74, 6) is -0.391. The van der Waals surface area contributed by atoms with Crippen LogP contribution in [0.1, 0.15) is 58.9 Å². The van der Waals surface area contributed by atoms with Crippen LogP contribution >= 0.6 is 0 Å². The van der Waals surface area contributed by atoms with Crippen LogP contribution in [-0.4, -0.2) is 56.2 Å². The number of amides is 3. The zero-order valence-electron chi connectivity index (χ0n) is 20.2. The van der Waals surface area contributed by atoms with Crippen LogP contribution in [0.5, 0.6) is 0 Å². The van der Waals surface area contributed by atoms with E-state index in [1.165, 1.54) is 11.0 Å². The molecule has 36 heavy (non-hydrogen) atoms. The van der Waals surface area contributed by atoms with Gasteiger partial charge < -0.3 is 9.47 Å². The number of aryl methyl sites for hydroxylation is 1. The van der Waals surface area contributed by atoms with Gasteiger partial charge in [0.2, 0.25) is 11.8 Å². The molecule has 0 radical (unpaired) electrons. The van der Waals surface area contributed by atoms with Crippen LogP contribution in [0.2, 0.25) is 0 Å². The third kappa shape index (κ3) is 3.87. The third-order valence-electron chi connectivity index (χ3n) is 7.91. The molecule has 2 fully saturated rings. The zero-order chi connectivity index (χ0) is 25.0. The number of hydrogen-bond acceptors (Lipinski definition) is 5. The minimum Gasteiger partial charge on any atom is -0.330 e. The Morgan fingerprint density at radius 2 is 1.86 bits per heavy atom. The van der Waals surface area contributed by atoms with E-state index >= 15 is 4.39 Å². The topological polar surface area (TPSA) is 87.5 Å². The van der Waals surface area contributed by atoms with Gasteiger partial charge in [-0.3, -0.25) is 24.6 Å². The van der Waals surface area contributed by atoms with E-state index in [9.17, 15) is 14.4 Å². The van der Waals surface area contributed by atoms with Gasteiger partial charge in [-0.25, -0.2) is 9.37 Å². The number of piperidine rings is 2. The van der Waals surface area contributed by atoms with Gasteiger partial charge in [0.15, 0.2) is 0 Å². The maximum Gasteiger partial charge on any atom is 0.255 e. The largest absolute Gasteiger partial charge is 0.330 e. The van der Waals surface area contributed by atoms with Crippen molar-refractivity contribution in [2.75, 3.05) is 13.1 Å². The summed E-state index contributed by atoms with van der Waals surface area (Å²) in [6.07, 6.45) is 2.14. The second-order valence-corrected chi connectivity index (χ2v) is 10.1. The maximum atomic E-state index is 15.2. The fraction of sp³-hybridized carbons (Fsp3) is 0.407. The lowest BCUT2D eigenvalue weighted by atomic mass is 9.87. The van der Waals surface area contributed by atoms with Crippen molar-refractivity contribution in [3.8, 4) is 0 Å². The van der Waals surface area contributed by atoms with Crippen molar-refractivity contribution in [3.05, 3.63) is 64.7 Å². The number of likely N-dealkylation sites (tertiary alicyclic amines) is 1. The average molecular weight is 490 g/mol. The molecule has 186 valence electrons. The van der Waals surface area contributed by atoms with E-state index in [1.54, 1.807) is 0 Å². The Morgan fingerprint density at radius 3 is 2.61 bits per heavy atom. The summed E-state index contributed by atoms with van der Waals surface area (Å²) in [5.41, 5.74) is 3.83. The van der Waals surface area contributed by atoms with Crippen molar-refractivity contribution < 1.29 is 18.8 Å². The van der Waals surface area contributed by atoms with E-state index < -0.39 is 11.9 Å². The Bertz CT molecular complexity index is 1390. The number of hydrogen-bond donors (Lipinski definition) is 1. The van der Waals surface area contributed by atoms with Crippen LogP contribution in [0.15, 0.2) is 36.4 Å². The molecule has 1 aromatic heterocycles. The van der Waals surface area contributed by atoms with E-state index in [0.29, 0.717) is 17.5 Å². The molecule has 0 bridgehead atoms. The average Bonchev–Trinajstić information content (AvgIpc) is 3.35. The fourth-order valence-corrected chi connectivity index (χ4v) is 5.86. The highest BCUT2D eigenvalue weighted by atomic mass is 19.1. The number of rotatable bonds is 4. The molecule has 8 nitrogen and oxygen atoms in total. The highest BCUT2D eigenvalue weighted by Gasteiger charge is 2.40. The van der Waals surface area contributed by atoms with Gasteiger partial charge in [0.25, 0.3) is 5.91 Å². The zero-order valence-corrected chi connectivity index (χ0v) is 20.2. The Morgan fingerprint density at radius 1 is 1.08 bits per heavy atom. The Labute approximate surface area is 208 Å². The SMILES string of the molecule is Cn1c(CN2CCC(c3cc4c(cc3F)C(=O)N(C3CCC(=O)NC3=O)C4)CC2)nc2ccccc21. The first-order valence-corrected chi connectivity index (χ1v) is 12.5. The fourth-order valence-electron chi connectivity index (χ4n) is 5.86. The van der Waals surface area contributed by atoms with Crippen LogP contribution in [0, 0.1) is 5.82 Å². The van der Waals surface area contributed by atoms with E-state index in [2.05, 4.69) is 20.9 Å². The Kier molecular flexibility index (Phi) is 5.59. The maximum absolute atomic E-state index is 15.2. The lowest BCUT2D eigenvalue weighted by molar-refractivity contribution is -0.136. The number of halogens is 1. The molecule has 9 heteroatoms. The van der Waals surface area contributed by atoms with Crippen molar-refractivity contribution in [1.29, 1.82) is 0 Å². The van der Waals surface area contributed by atoms with Crippen LogP contribution in [0.4, 0.5) is 4.39 Å². The normalized spacial score (nSPS) is 21.3. The molecule has 1 unspecified atom stereocenters. The number of nitrogens with one attached hydrogen (secondary N) is 1. The molecule has 0 aliphatic carbocycles. The van der Waals surface area contributed by atoms with Crippen molar-refractivity contribution in [1.82, 2.24) is 24.7 Å². The Hall–Kier alpha value is -3.59. The summed E-state index contributed by atoms with van der Waals surface area (Å²) in [4.78, 5) is 45.3. The van der Waals surface area contributed by atoms with E-state index in [-0.39, 0.29) is 36.5 Å². The molecule has 2 saturated heterocycles. The summed E-state index contributed by atoms with van der Waals surface area (Å²) in [6, 6.07) is 10.6. The number of aromatic nitrogens is 2. The molecule has 3 aliphatic rings. The van der Waals surface area contributed by atoms with Gasteiger partial charge in [-0.15, -0.1) is 0 Å². The van der Waals surface area contributed by atoms with Gasteiger partial charge in [-0.05, 0) is 67.6 Å². The van der Waals surface area contributed by atoms with Crippen LogP contribution < -0.4 is 5.32 Å². The quantitative estimate of drug-likeness (QED) is 0.570. The van der Waals surface area contributed by atoms with E-state index in [4.69, 9.17) is 4.98 Å². The molecule has 3 aliphatic heterocycles. The van der Waals surface area contributed by atoms with Crippen LogP contribution in [0.3, 0.4) is 0 Å². The van der Waals surface area contributed by atoms with E-state index in [0.717, 1.165) is 54.9 Å². The number of nitrogens with zero attached hydrogens (tertiary/aromatic N) is 4. The van der Waals surface area contributed by atoms with Crippen LogP contribution in [-0.2, 0) is 29.7 Å². The summed E-state index contributed by atoms with van der Waals surface area (Å²) >= 11 is 0. The monoisotopic (exact) mass is 489 g/mol. The van der Waals surface area contributed by atoms with Gasteiger partial charge in [0.1, 0.15) is 17.7 Å². The molecular weight excluding hydrogens is 461 g/mol. The molecule has 4 heterocycles. The van der Waals surface area contributed by atoms with Crippen molar-refractivity contribution in [3.63, 3.8) is 0 Å². The van der Waals surface area contributed by atoms with Gasteiger partial charge in [-0.2, -0.15) is 0 Å². The molecule has 2 aromatic carbocycles.